The average Bonchev–Trinajstić information content (AvgIpc) is 2.06. The van der Waals surface area contributed by atoms with Crippen LogP contribution >= 0.6 is 0 Å². The Morgan fingerprint density at radius 3 is 2.55 bits per heavy atom. The van der Waals surface area contributed by atoms with E-state index < -0.39 is 0 Å². The molecule has 0 bridgehead atoms. The summed E-state index contributed by atoms with van der Waals surface area (Å²) in [4.78, 5) is 2.59. The maximum absolute atomic E-state index is 2.59. The van der Waals surface area contributed by atoms with Crippen LogP contribution in [0.2, 0.25) is 0 Å². The first-order chi connectivity index (χ1) is 5.38. The number of nitrogens with zero attached hydrogens (tertiary/aromatic N) is 1. The molecule has 2 fully saturated rings. The highest BCUT2D eigenvalue weighted by Crippen LogP contribution is 2.34. The Bertz CT molecular complexity index is 131. The maximum atomic E-state index is 2.59. The minimum absolute atomic E-state index is 0.956. The van der Waals surface area contributed by atoms with E-state index in [9.17, 15) is 0 Å². The molecule has 0 radical (unpaired) electrons. The van der Waals surface area contributed by atoms with Crippen LogP contribution in [-0.2, 0) is 0 Å². The second-order valence-electron chi connectivity index (χ2n) is 4.23. The summed E-state index contributed by atoms with van der Waals surface area (Å²) in [6.45, 7) is 1.35. The summed E-state index contributed by atoms with van der Waals surface area (Å²) in [5, 5.41) is 0. The molecule has 2 rings (SSSR count). The van der Waals surface area contributed by atoms with Gasteiger partial charge in [0.2, 0.25) is 0 Å². The van der Waals surface area contributed by atoms with Crippen molar-refractivity contribution in [1.82, 2.24) is 4.90 Å². The normalized spacial score (nSPS) is 40.1. The zero-order chi connectivity index (χ0) is 7.68. The zero-order valence-electron chi connectivity index (χ0n) is 7.55. The van der Waals surface area contributed by atoms with E-state index in [4.69, 9.17) is 0 Å². The number of rotatable bonds is 0. The molecule has 0 aromatic heterocycles. The molecular formula is C10H19N. The van der Waals surface area contributed by atoms with Gasteiger partial charge in [-0.05, 0) is 45.2 Å². The van der Waals surface area contributed by atoms with Crippen LogP contribution in [0.3, 0.4) is 0 Å². The monoisotopic (exact) mass is 153 g/mol. The van der Waals surface area contributed by atoms with Gasteiger partial charge in [-0.15, -0.1) is 0 Å². The van der Waals surface area contributed by atoms with Gasteiger partial charge in [0.25, 0.3) is 0 Å². The van der Waals surface area contributed by atoms with E-state index in [1.807, 2.05) is 0 Å². The number of piperidine rings is 1. The lowest BCUT2D eigenvalue weighted by Gasteiger charge is -2.42. The lowest BCUT2D eigenvalue weighted by atomic mass is 9.79. The molecule has 1 saturated carbocycles. The molecule has 0 unspecified atom stereocenters. The first kappa shape index (κ1) is 7.60. The average molecular weight is 153 g/mol. The molecule has 0 amide bonds. The lowest BCUT2D eigenvalue weighted by molar-refractivity contribution is 0.0841. The number of fused-ring (bicyclic) bond motifs is 1. The van der Waals surface area contributed by atoms with E-state index in [2.05, 4.69) is 11.9 Å². The molecule has 11 heavy (non-hydrogen) atoms. The molecule has 0 N–H and O–H groups in total. The summed E-state index contributed by atoms with van der Waals surface area (Å²) < 4.78 is 0. The van der Waals surface area contributed by atoms with Gasteiger partial charge in [0, 0.05) is 6.04 Å². The van der Waals surface area contributed by atoms with Crippen molar-refractivity contribution in [3.8, 4) is 0 Å². The minimum atomic E-state index is 0.956. The van der Waals surface area contributed by atoms with E-state index >= 15 is 0 Å². The summed E-state index contributed by atoms with van der Waals surface area (Å²) in [7, 11) is 2.31. The van der Waals surface area contributed by atoms with E-state index in [1.165, 1.54) is 45.1 Å². The van der Waals surface area contributed by atoms with Crippen molar-refractivity contribution in [1.29, 1.82) is 0 Å². The van der Waals surface area contributed by atoms with Crippen LogP contribution in [0.25, 0.3) is 0 Å². The predicted molar refractivity (Wildman–Crippen MR) is 47.6 cm³/mol. The molecule has 1 aliphatic heterocycles. The zero-order valence-corrected chi connectivity index (χ0v) is 7.55. The largest absolute Gasteiger partial charge is 0.303 e. The van der Waals surface area contributed by atoms with Crippen LogP contribution in [0.1, 0.15) is 38.5 Å². The van der Waals surface area contributed by atoms with Gasteiger partial charge in [-0.2, -0.15) is 0 Å². The van der Waals surface area contributed by atoms with Gasteiger partial charge < -0.3 is 4.90 Å². The Hall–Kier alpha value is -0.0400. The molecule has 1 aliphatic carbocycles. The smallest absolute Gasteiger partial charge is 0.0120 e. The quantitative estimate of drug-likeness (QED) is 0.516. The van der Waals surface area contributed by atoms with Gasteiger partial charge in [0.05, 0.1) is 0 Å². The molecular weight excluding hydrogens is 134 g/mol. The van der Waals surface area contributed by atoms with Crippen LogP contribution in [0.4, 0.5) is 0 Å². The summed E-state index contributed by atoms with van der Waals surface area (Å²) in [5.74, 6) is 1.06. The van der Waals surface area contributed by atoms with Crippen LogP contribution in [0.15, 0.2) is 0 Å². The molecule has 0 aromatic carbocycles. The van der Waals surface area contributed by atoms with Crippen molar-refractivity contribution < 1.29 is 0 Å². The molecule has 2 atom stereocenters. The molecule has 1 heteroatoms. The SMILES string of the molecule is CN1CCC[C@H]2CCCC[C@@H]21. The van der Waals surface area contributed by atoms with E-state index in [0.717, 1.165) is 12.0 Å². The number of likely N-dealkylation sites (tertiary alicyclic amines) is 1. The predicted octanol–water partition coefficient (Wildman–Crippen LogP) is 2.27. The van der Waals surface area contributed by atoms with Crippen molar-refractivity contribution in [3.63, 3.8) is 0 Å². The van der Waals surface area contributed by atoms with E-state index in [-0.39, 0.29) is 0 Å². The van der Waals surface area contributed by atoms with Gasteiger partial charge >= 0.3 is 0 Å². The van der Waals surface area contributed by atoms with Crippen molar-refractivity contribution in [2.45, 2.75) is 44.6 Å². The number of hydrogen-bond acceptors (Lipinski definition) is 1. The lowest BCUT2D eigenvalue weighted by Crippen LogP contribution is -2.44. The fraction of sp³-hybridized carbons (Fsp3) is 1.00. The summed E-state index contributed by atoms with van der Waals surface area (Å²) >= 11 is 0. The molecule has 0 aromatic rings. The van der Waals surface area contributed by atoms with E-state index in [0.29, 0.717) is 0 Å². The first-order valence-corrected chi connectivity index (χ1v) is 5.08. The first-order valence-electron chi connectivity index (χ1n) is 5.08. The van der Waals surface area contributed by atoms with Gasteiger partial charge in [0.15, 0.2) is 0 Å². The van der Waals surface area contributed by atoms with Crippen LogP contribution in [0.5, 0.6) is 0 Å². The summed E-state index contributed by atoms with van der Waals surface area (Å²) in [6, 6.07) is 0.956. The molecule has 1 saturated heterocycles. The van der Waals surface area contributed by atoms with Crippen LogP contribution < -0.4 is 0 Å². The topological polar surface area (TPSA) is 3.24 Å². The van der Waals surface area contributed by atoms with Gasteiger partial charge in [0.1, 0.15) is 0 Å². The van der Waals surface area contributed by atoms with Gasteiger partial charge in [-0.3, -0.25) is 0 Å². The molecule has 2 aliphatic rings. The number of hydrogen-bond donors (Lipinski definition) is 0. The summed E-state index contributed by atoms with van der Waals surface area (Å²) in [5.41, 5.74) is 0. The third kappa shape index (κ3) is 1.44. The standard InChI is InChI=1S/C10H19N/c1-11-8-4-6-9-5-2-3-7-10(9)11/h9-10H,2-8H2,1H3/t9-,10+/m1/s1. The van der Waals surface area contributed by atoms with Crippen molar-refractivity contribution in [2.24, 2.45) is 5.92 Å². The Morgan fingerprint density at radius 1 is 1.00 bits per heavy atom. The highest BCUT2D eigenvalue weighted by molar-refractivity contribution is 4.85. The second kappa shape index (κ2) is 3.14. The third-order valence-electron chi connectivity index (χ3n) is 3.52. The fourth-order valence-electron chi connectivity index (χ4n) is 2.87. The molecule has 0 spiro atoms. The molecule has 1 nitrogen and oxygen atoms in total. The van der Waals surface area contributed by atoms with Crippen molar-refractivity contribution >= 4 is 0 Å². The van der Waals surface area contributed by atoms with Crippen LogP contribution in [0, 0.1) is 5.92 Å². The minimum Gasteiger partial charge on any atom is -0.303 e. The maximum Gasteiger partial charge on any atom is 0.0120 e. The third-order valence-corrected chi connectivity index (χ3v) is 3.52. The Morgan fingerprint density at radius 2 is 1.73 bits per heavy atom. The van der Waals surface area contributed by atoms with Crippen molar-refractivity contribution in [2.75, 3.05) is 13.6 Å². The molecule has 1 heterocycles. The second-order valence-corrected chi connectivity index (χ2v) is 4.23. The van der Waals surface area contributed by atoms with Gasteiger partial charge in [-0.1, -0.05) is 12.8 Å². The van der Waals surface area contributed by atoms with Gasteiger partial charge in [-0.25, -0.2) is 0 Å². The Kier molecular flexibility index (Phi) is 2.17. The van der Waals surface area contributed by atoms with Crippen LogP contribution in [-0.4, -0.2) is 24.5 Å². The Labute approximate surface area is 69.8 Å². The highest BCUT2D eigenvalue weighted by Gasteiger charge is 2.30. The fourth-order valence-corrected chi connectivity index (χ4v) is 2.87. The van der Waals surface area contributed by atoms with Crippen molar-refractivity contribution in [3.05, 3.63) is 0 Å². The summed E-state index contributed by atoms with van der Waals surface area (Å²) in [6.07, 6.45) is 8.91. The Balaban J connectivity index is 1.99. The molecule has 64 valence electrons. The van der Waals surface area contributed by atoms with E-state index in [1.54, 1.807) is 0 Å². The highest BCUT2D eigenvalue weighted by atomic mass is 15.1.